The second-order valence-electron chi connectivity index (χ2n) is 5.13. The first-order valence-corrected chi connectivity index (χ1v) is 8.63. The van der Waals surface area contributed by atoms with Gasteiger partial charge in [-0.05, 0) is 37.6 Å². The first kappa shape index (κ1) is 17.7. The van der Waals surface area contributed by atoms with Crippen LogP contribution in [0.15, 0.2) is 18.2 Å². The van der Waals surface area contributed by atoms with E-state index in [9.17, 15) is 13.2 Å². The zero-order valence-corrected chi connectivity index (χ0v) is 13.8. The molecule has 0 saturated carbocycles. The number of nitrogens with one attached hydrogen (secondary N) is 1. The van der Waals surface area contributed by atoms with E-state index < -0.39 is 15.8 Å². The van der Waals surface area contributed by atoms with E-state index in [1.807, 2.05) is 32.0 Å². The van der Waals surface area contributed by atoms with Crippen LogP contribution >= 0.6 is 0 Å². The quantitative estimate of drug-likeness (QED) is 0.773. The second kappa shape index (κ2) is 7.56. The van der Waals surface area contributed by atoms with Crippen LogP contribution in [0.1, 0.15) is 29.2 Å². The SMILES string of the molecule is CNC(CS(=O)(=O)CCC(=O)OC)c1ccc(C)c(C)c1. The van der Waals surface area contributed by atoms with E-state index in [0.29, 0.717) is 0 Å². The number of esters is 1. The van der Waals surface area contributed by atoms with E-state index in [-0.39, 0.29) is 24.0 Å². The fraction of sp³-hybridized carbons (Fsp3) is 0.533. The number of benzene rings is 1. The van der Waals surface area contributed by atoms with Gasteiger partial charge >= 0.3 is 5.97 Å². The van der Waals surface area contributed by atoms with Crippen LogP contribution in [0.5, 0.6) is 0 Å². The molecule has 1 unspecified atom stereocenters. The number of methoxy groups -OCH3 is 1. The molecule has 0 radical (unpaired) electrons. The van der Waals surface area contributed by atoms with Gasteiger partial charge in [-0.2, -0.15) is 0 Å². The molecule has 0 bridgehead atoms. The number of hydrogen-bond acceptors (Lipinski definition) is 5. The molecule has 1 aromatic carbocycles. The van der Waals surface area contributed by atoms with Crippen LogP contribution in [0.3, 0.4) is 0 Å². The molecule has 0 spiro atoms. The summed E-state index contributed by atoms with van der Waals surface area (Å²) in [7, 11) is -0.350. The molecule has 0 aliphatic heterocycles. The molecule has 0 aromatic heterocycles. The highest BCUT2D eigenvalue weighted by molar-refractivity contribution is 7.91. The van der Waals surface area contributed by atoms with Crippen molar-refractivity contribution in [3.05, 3.63) is 34.9 Å². The van der Waals surface area contributed by atoms with Crippen molar-refractivity contribution >= 4 is 15.8 Å². The fourth-order valence-electron chi connectivity index (χ4n) is 2.01. The number of aryl methyl sites for hydroxylation is 2. The molecule has 21 heavy (non-hydrogen) atoms. The van der Waals surface area contributed by atoms with Crippen LogP contribution in [-0.4, -0.2) is 40.1 Å². The number of ether oxygens (including phenoxy) is 1. The van der Waals surface area contributed by atoms with E-state index in [2.05, 4.69) is 10.1 Å². The van der Waals surface area contributed by atoms with Crippen molar-refractivity contribution in [3.63, 3.8) is 0 Å². The molecule has 5 nitrogen and oxygen atoms in total. The summed E-state index contributed by atoms with van der Waals surface area (Å²) in [4.78, 5) is 11.1. The molecule has 1 N–H and O–H groups in total. The summed E-state index contributed by atoms with van der Waals surface area (Å²) >= 11 is 0. The maximum absolute atomic E-state index is 12.1. The number of rotatable bonds is 7. The van der Waals surface area contributed by atoms with Crippen molar-refractivity contribution in [2.24, 2.45) is 0 Å². The summed E-state index contributed by atoms with van der Waals surface area (Å²) in [6.45, 7) is 4.01. The van der Waals surface area contributed by atoms with E-state index in [4.69, 9.17) is 0 Å². The van der Waals surface area contributed by atoms with Crippen molar-refractivity contribution in [1.29, 1.82) is 0 Å². The average molecular weight is 313 g/mol. The summed E-state index contributed by atoms with van der Waals surface area (Å²) in [6, 6.07) is 5.62. The van der Waals surface area contributed by atoms with Crippen LogP contribution in [0, 0.1) is 13.8 Å². The van der Waals surface area contributed by atoms with Gasteiger partial charge in [-0.25, -0.2) is 8.42 Å². The Bertz CT molecular complexity index is 596. The number of hydrogen-bond donors (Lipinski definition) is 1. The molecule has 6 heteroatoms. The van der Waals surface area contributed by atoms with Crippen molar-refractivity contribution < 1.29 is 17.9 Å². The van der Waals surface area contributed by atoms with Gasteiger partial charge in [0.15, 0.2) is 9.84 Å². The normalized spacial score (nSPS) is 13.0. The molecule has 0 amide bonds. The molecule has 0 fully saturated rings. The Labute approximate surface area is 126 Å². The zero-order valence-electron chi connectivity index (χ0n) is 13.0. The van der Waals surface area contributed by atoms with Crippen LogP contribution in [0.2, 0.25) is 0 Å². The smallest absolute Gasteiger partial charge is 0.306 e. The Morgan fingerprint density at radius 3 is 2.48 bits per heavy atom. The van der Waals surface area contributed by atoms with Gasteiger partial charge in [0.2, 0.25) is 0 Å². The maximum Gasteiger partial charge on any atom is 0.306 e. The summed E-state index contributed by atoms with van der Waals surface area (Å²) in [5.74, 6) is -0.739. The molecule has 0 saturated heterocycles. The third kappa shape index (κ3) is 5.47. The average Bonchev–Trinajstić information content (AvgIpc) is 2.45. The van der Waals surface area contributed by atoms with Crippen LogP contribution < -0.4 is 5.32 Å². The highest BCUT2D eigenvalue weighted by atomic mass is 32.2. The van der Waals surface area contributed by atoms with Gasteiger partial charge in [0.1, 0.15) is 0 Å². The fourth-order valence-corrected chi connectivity index (χ4v) is 3.52. The lowest BCUT2D eigenvalue weighted by atomic mass is 10.0. The lowest BCUT2D eigenvalue weighted by Gasteiger charge is -2.18. The van der Waals surface area contributed by atoms with Crippen LogP contribution in [0.25, 0.3) is 0 Å². The molecule has 0 aliphatic carbocycles. The molecule has 1 atom stereocenters. The van der Waals surface area contributed by atoms with E-state index >= 15 is 0 Å². The topological polar surface area (TPSA) is 72.5 Å². The Balaban J connectivity index is 2.81. The van der Waals surface area contributed by atoms with Gasteiger partial charge < -0.3 is 10.1 Å². The van der Waals surface area contributed by atoms with Crippen molar-refractivity contribution in [2.75, 3.05) is 25.7 Å². The molecule has 0 aliphatic rings. The second-order valence-corrected chi connectivity index (χ2v) is 7.35. The Morgan fingerprint density at radius 2 is 1.95 bits per heavy atom. The van der Waals surface area contributed by atoms with Gasteiger partial charge in [-0.3, -0.25) is 4.79 Å². The number of sulfone groups is 1. The predicted molar refractivity (Wildman–Crippen MR) is 83.0 cm³/mol. The minimum Gasteiger partial charge on any atom is -0.469 e. The maximum atomic E-state index is 12.1. The summed E-state index contributed by atoms with van der Waals surface area (Å²) < 4.78 is 28.7. The minimum absolute atomic E-state index is 0.0387. The standard InChI is InChI=1S/C15H23NO4S/c1-11-5-6-13(9-12(11)2)14(16-3)10-21(18,19)8-7-15(17)20-4/h5-6,9,14,16H,7-8,10H2,1-4H3. The first-order chi connectivity index (χ1) is 9.79. The van der Waals surface area contributed by atoms with E-state index in [0.717, 1.165) is 11.1 Å². The summed E-state index contributed by atoms with van der Waals surface area (Å²) in [5.41, 5.74) is 3.23. The third-order valence-corrected chi connectivity index (χ3v) is 5.21. The molecular weight excluding hydrogens is 290 g/mol. The zero-order chi connectivity index (χ0) is 16.0. The first-order valence-electron chi connectivity index (χ1n) is 6.80. The Hall–Kier alpha value is -1.40. The van der Waals surface area contributed by atoms with Gasteiger partial charge in [-0.1, -0.05) is 18.2 Å². The number of carbonyl (C=O) groups is 1. The predicted octanol–water partition coefficient (Wildman–Crippen LogP) is 1.54. The molecule has 0 heterocycles. The van der Waals surface area contributed by atoms with Gasteiger partial charge in [0.05, 0.1) is 25.0 Å². The van der Waals surface area contributed by atoms with Crippen LogP contribution in [-0.2, 0) is 19.4 Å². The van der Waals surface area contributed by atoms with Gasteiger partial charge in [-0.15, -0.1) is 0 Å². The lowest BCUT2D eigenvalue weighted by molar-refractivity contribution is -0.140. The number of carbonyl (C=O) groups excluding carboxylic acids is 1. The van der Waals surface area contributed by atoms with Crippen LogP contribution in [0.4, 0.5) is 0 Å². The summed E-state index contributed by atoms with van der Waals surface area (Å²) in [5, 5.41) is 3.03. The lowest BCUT2D eigenvalue weighted by Crippen LogP contribution is -2.27. The summed E-state index contributed by atoms with van der Waals surface area (Å²) in [6.07, 6.45) is -0.109. The van der Waals surface area contributed by atoms with E-state index in [1.165, 1.54) is 12.7 Å². The van der Waals surface area contributed by atoms with Gasteiger partial charge in [0, 0.05) is 6.04 Å². The molecule has 1 rings (SSSR count). The Morgan fingerprint density at radius 1 is 1.29 bits per heavy atom. The van der Waals surface area contributed by atoms with Crippen molar-refractivity contribution in [1.82, 2.24) is 5.32 Å². The third-order valence-electron chi connectivity index (χ3n) is 3.55. The van der Waals surface area contributed by atoms with Crippen molar-refractivity contribution in [2.45, 2.75) is 26.3 Å². The van der Waals surface area contributed by atoms with Gasteiger partial charge in [0.25, 0.3) is 0 Å². The molecular formula is C15H23NO4S. The van der Waals surface area contributed by atoms with Crippen molar-refractivity contribution in [3.8, 4) is 0 Å². The monoisotopic (exact) mass is 313 g/mol. The Kier molecular flexibility index (Phi) is 6.36. The van der Waals surface area contributed by atoms with E-state index in [1.54, 1.807) is 7.05 Å². The highest BCUT2D eigenvalue weighted by Gasteiger charge is 2.21. The largest absolute Gasteiger partial charge is 0.469 e. The molecule has 118 valence electrons. The molecule has 1 aromatic rings. The highest BCUT2D eigenvalue weighted by Crippen LogP contribution is 2.19. The minimum atomic E-state index is -3.33.